The van der Waals surface area contributed by atoms with Crippen molar-refractivity contribution in [1.82, 2.24) is 0 Å². The number of hydrogen-bond donors (Lipinski definition) is 0. The minimum atomic E-state index is -0.624. The first kappa shape index (κ1) is 20.7. The van der Waals surface area contributed by atoms with Crippen molar-refractivity contribution in [2.45, 2.75) is 64.7 Å². The summed E-state index contributed by atoms with van der Waals surface area (Å²) in [5.41, 5.74) is 1.06. The third-order valence-electron chi connectivity index (χ3n) is 3.77. The molecular formula is C20H24Cl2O2. The molecule has 0 aliphatic heterocycles. The Hall–Kier alpha value is -1.30. The summed E-state index contributed by atoms with van der Waals surface area (Å²) in [5, 5.41) is -1.25. The van der Waals surface area contributed by atoms with Gasteiger partial charge >= 0.3 is 0 Å². The van der Waals surface area contributed by atoms with E-state index in [0.29, 0.717) is 5.56 Å². The van der Waals surface area contributed by atoms with Crippen LogP contribution < -0.4 is 0 Å². The van der Waals surface area contributed by atoms with Crippen LogP contribution in [0.4, 0.5) is 0 Å². The minimum absolute atomic E-state index is 0.236. The van der Waals surface area contributed by atoms with E-state index in [2.05, 4.69) is 18.8 Å². The van der Waals surface area contributed by atoms with Crippen LogP contribution in [0.3, 0.4) is 0 Å². The second kappa shape index (κ2) is 12.1. The van der Waals surface area contributed by atoms with E-state index in [9.17, 15) is 9.59 Å². The van der Waals surface area contributed by atoms with Crippen LogP contribution in [-0.4, -0.2) is 10.5 Å². The molecule has 0 fully saturated rings. The zero-order chi connectivity index (χ0) is 17.8. The van der Waals surface area contributed by atoms with Crippen LogP contribution in [0, 0.1) is 11.8 Å². The fourth-order valence-electron chi connectivity index (χ4n) is 2.44. The zero-order valence-electron chi connectivity index (χ0n) is 14.2. The van der Waals surface area contributed by atoms with E-state index >= 15 is 0 Å². The highest BCUT2D eigenvalue weighted by atomic mass is 35.5. The Morgan fingerprint density at radius 2 is 1.33 bits per heavy atom. The quantitative estimate of drug-likeness (QED) is 0.275. The van der Waals surface area contributed by atoms with Crippen molar-refractivity contribution in [2.24, 2.45) is 0 Å². The summed E-state index contributed by atoms with van der Waals surface area (Å²) in [4.78, 5) is 22.6. The van der Waals surface area contributed by atoms with Crippen LogP contribution in [0.1, 0.15) is 91.0 Å². The van der Waals surface area contributed by atoms with Gasteiger partial charge in [0.05, 0.1) is 0 Å². The van der Waals surface area contributed by atoms with Gasteiger partial charge in [0.2, 0.25) is 0 Å². The summed E-state index contributed by atoms with van der Waals surface area (Å²) >= 11 is 10.9. The fraction of sp³-hybridized carbons (Fsp3) is 0.500. The molecule has 130 valence electrons. The van der Waals surface area contributed by atoms with Gasteiger partial charge in [0.1, 0.15) is 0 Å². The second-order valence-electron chi connectivity index (χ2n) is 5.87. The molecule has 0 aliphatic rings. The van der Waals surface area contributed by atoms with Crippen molar-refractivity contribution >= 4 is 33.7 Å². The Labute approximate surface area is 154 Å². The second-order valence-corrected chi connectivity index (χ2v) is 6.56. The monoisotopic (exact) mass is 366 g/mol. The lowest BCUT2D eigenvalue weighted by atomic mass is 10.1. The molecule has 24 heavy (non-hydrogen) atoms. The molecule has 0 heterocycles. The molecule has 1 rings (SSSR count). The average molecular weight is 367 g/mol. The predicted molar refractivity (Wildman–Crippen MR) is 101 cm³/mol. The van der Waals surface area contributed by atoms with E-state index in [1.807, 2.05) is 0 Å². The van der Waals surface area contributed by atoms with Gasteiger partial charge in [-0.25, -0.2) is 0 Å². The SMILES string of the molecule is CCCCCCCCCCC#Cc1cc(C(=O)Cl)cc(C(=O)Cl)c1. The Kier molecular flexibility index (Phi) is 10.5. The molecular weight excluding hydrogens is 343 g/mol. The van der Waals surface area contributed by atoms with Gasteiger partial charge in [-0.2, -0.15) is 0 Å². The van der Waals surface area contributed by atoms with Crippen molar-refractivity contribution in [2.75, 3.05) is 0 Å². The van der Waals surface area contributed by atoms with E-state index < -0.39 is 10.5 Å². The molecule has 2 nitrogen and oxygen atoms in total. The minimum Gasteiger partial charge on any atom is -0.276 e. The van der Waals surface area contributed by atoms with E-state index in [-0.39, 0.29) is 11.1 Å². The number of halogens is 2. The van der Waals surface area contributed by atoms with Gasteiger partial charge in [-0.1, -0.05) is 63.7 Å². The van der Waals surface area contributed by atoms with Crippen molar-refractivity contribution in [1.29, 1.82) is 0 Å². The lowest BCUT2D eigenvalue weighted by Crippen LogP contribution is -1.96. The molecule has 0 bridgehead atoms. The third kappa shape index (κ3) is 8.52. The first-order chi connectivity index (χ1) is 11.5. The van der Waals surface area contributed by atoms with Gasteiger partial charge in [-0.3, -0.25) is 9.59 Å². The maximum Gasteiger partial charge on any atom is 0.252 e. The van der Waals surface area contributed by atoms with Crippen LogP contribution in [0.15, 0.2) is 18.2 Å². The van der Waals surface area contributed by atoms with Crippen molar-refractivity contribution in [3.05, 3.63) is 34.9 Å². The number of unbranched alkanes of at least 4 members (excludes halogenated alkanes) is 8. The van der Waals surface area contributed by atoms with Gasteiger partial charge in [-0.05, 0) is 47.8 Å². The van der Waals surface area contributed by atoms with Gasteiger partial charge < -0.3 is 0 Å². The lowest BCUT2D eigenvalue weighted by Gasteiger charge is -2.00. The molecule has 0 saturated carbocycles. The van der Waals surface area contributed by atoms with Crippen molar-refractivity contribution in [3.8, 4) is 11.8 Å². The molecule has 0 spiro atoms. The van der Waals surface area contributed by atoms with Crippen LogP contribution in [0.25, 0.3) is 0 Å². The number of hydrogen-bond acceptors (Lipinski definition) is 2. The summed E-state index contributed by atoms with van der Waals surface area (Å²) in [5.74, 6) is 6.07. The highest BCUT2D eigenvalue weighted by Crippen LogP contribution is 2.14. The smallest absolute Gasteiger partial charge is 0.252 e. The maximum absolute atomic E-state index is 11.3. The molecule has 4 heteroatoms. The van der Waals surface area contributed by atoms with E-state index in [0.717, 1.165) is 12.8 Å². The van der Waals surface area contributed by atoms with Crippen LogP contribution in [-0.2, 0) is 0 Å². The van der Waals surface area contributed by atoms with E-state index in [1.165, 1.54) is 51.0 Å². The summed E-state index contributed by atoms with van der Waals surface area (Å²) in [6.07, 6.45) is 10.9. The maximum atomic E-state index is 11.3. The summed E-state index contributed by atoms with van der Waals surface area (Å²) < 4.78 is 0. The molecule has 0 saturated heterocycles. The Bertz CT molecular complexity index is 580. The Balaban J connectivity index is 2.43. The van der Waals surface area contributed by atoms with E-state index in [4.69, 9.17) is 23.2 Å². The topological polar surface area (TPSA) is 34.1 Å². The van der Waals surface area contributed by atoms with E-state index in [1.54, 1.807) is 12.1 Å². The first-order valence-corrected chi connectivity index (χ1v) is 9.33. The highest BCUT2D eigenvalue weighted by molar-refractivity contribution is 6.69. The Morgan fingerprint density at radius 1 is 0.833 bits per heavy atom. The first-order valence-electron chi connectivity index (χ1n) is 8.58. The van der Waals surface area contributed by atoms with Crippen molar-refractivity contribution in [3.63, 3.8) is 0 Å². The number of carbonyl (C=O) groups is 2. The molecule has 0 aromatic heterocycles. The van der Waals surface area contributed by atoms with Crippen LogP contribution >= 0.6 is 23.2 Å². The van der Waals surface area contributed by atoms with Gasteiger partial charge in [0.25, 0.3) is 10.5 Å². The largest absolute Gasteiger partial charge is 0.276 e. The normalized spacial score (nSPS) is 10.1. The van der Waals surface area contributed by atoms with Crippen LogP contribution in [0.2, 0.25) is 0 Å². The highest BCUT2D eigenvalue weighted by Gasteiger charge is 2.09. The van der Waals surface area contributed by atoms with Gasteiger partial charge in [0.15, 0.2) is 0 Å². The summed E-state index contributed by atoms with van der Waals surface area (Å²) in [7, 11) is 0. The molecule has 1 aromatic rings. The third-order valence-corrected chi connectivity index (χ3v) is 4.21. The number of benzene rings is 1. The molecule has 0 aliphatic carbocycles. The summed E-state index contributed by atoms with van der Waals surface area (Å²) in [6, 6.07) is 4.55. The van der Waals surface area contributed by atoms with Crippen molar-refractivity contribution < 1.29 is 9.59 Å². The molecule has 0 atom stereocenters. The number of carbonyl (C=O) groups excluding carboxylic acids is 2. The average Bonchev–Trinajstić information content (AvgIpc) is 2.56. The predicted octanol–water partition coefficient (Wildman–Crippen LogP) is 6.33. The molecule has 0 amide bonds. The number of rotatable bonds is 10. The molecule has 0 N–H and O–H groups in total. The molecule has 0 unspecified atom stereocenters. The lowest BCUT2D eigenvalue weighted by molar-refractivity contribution is 0.108. The van der Waals surface area contributed by atoms with Gasteiger partial charge in [-0.15, -0.1) is 0 Å². The zero-order valence-corrected chi connectivity index (χ0v) is 15.7. The summed E-state index contributed by atoms with van der Waals surface area (Å²) in [6.45, 7) is 2.23. The molecule has 0 radical (unpaired) electrons. The van der Waals surface area contributed by atoms with Gasteiger partial charge in [0, 0.05) is 23.1 Å². The standard InChI is InChI=1S/C20H24Cl2O2/c1-2-3-4-5-6-7-8-9-10-11-12-16-13-17(19(21)23)15-18(14-16)20(22)24/h13-15H,2-10H2,1H3. The van der Waals surface area contributed by atoms with Crippen LogP contribution in [0.5, 0.6) is 0 Å². The Morgan fingerprint density at radius 3 is 1.83 bits per heavy atom. The fourth-order valence-corrected chi connectivity index (χ4v) is 2.66. The molecule has 1 aromatic carbocycles.